The second kappa shape index (κ2) is 11.1. The molecule has 0 saturated carbocycles. The van der Waals surface area contributed by atoms with E-state index in [1.54, 1.807) is 59.4 Å². The van der Waals surface area contributed by atoms with E-state index in [4.69, 9.17) is 9.84 Å². The molecule has 2 unspecified atom stereocenters. The van der Waals surface area contributed by atoms with E-state index in [2.05, 4.69) is 9.97 Å². The quantitative estimate of drug-likeness (QED) is 0.490. The van der Waals surface area contributed by atoms with Crippen LogP contribution in [-0.4, -0.2) is 80.2 Å². The van der Waals surface area contributed by atoms with Crippen LogP contribution in [0.25, 0.3) is 22.0 Å². The molecule has 1 aliphatic heterocycles. The molecule has 12 heteroatoms. The van der Waals surface area contributed by atoms with Crippen LogP contribution >= 0.6 is 0 Å². The maximum Gasteiger partial charge on any atom is 0.345 e. The molecule has 0 radical (unpaired) electrons. The molecule has 3 atom stereocenters. The molecule has 5 rings (SSSR count). The smallest absolute Gasteiger partial charge is 0.345 e. The largest absolute Gasteiger partial charge is 0.387 e. The van der Waals surface area contributed by atoms with Crippen LogP contribution in [0.2, 0.25) is 0 Å². The lowest BCUT2D eigenvalue weighted by Gasteiger charge is -2.39. The number of aromatic nitrogens is 4. The van der Waals surface area contributed by atoms with E-state index < -0.39 is 19.3 Å². The van der Waals surface area contributed by atoms with Crippen molar-refractivity contribution in [3.05, 3.63) is 65.3 Å². The number of carbonyl (C=O) groups is 1. The summed E-state index contributed by atoms with van der Waals surface area (Å²) in [6.07, 6.45) is 9.48. The average Bonchev–Trinajstić information content (AvgIpc) is 3.17. The van der Waals surface area contributed by atoms with Gasteiger partial charge in [0.05, 0.1) is 17.0 Å². The Labute approximate surface area is 223 Å². The van der Waals surface area contributed by atoms with E-state index in [1.165, 1.54) is 4.68 Å². The van der Waals surface area contributed by atoms with Crippen molar-refractivity contribution in [3.8, 4) is 11.1 Å². The number of aliphatic hydroxyl groups is 1. The number of alkyl halides is 2. The SMILES string of the molecule is C[C@@H]1CN(c2ncc(-c3ccc4c(=O)n(C)n(CC5C=CC=CC5OC(F)F)c4c3)cn2)CCN1C(=O)CO. The standard InChI is InChI=1S/C27H30F2N6O4/c1-17-14-33(9-10-34(17)24(37)16-36)27-30-12-20(13-31-27)18-7-8-21-22(11-18)35(32(2)25(21)38)15-19-5-3-4-6-23(19)39-26(28)29/h3-8,11-13,17,19,23,26,36H,9-10,14-16H2,1-2H3/t17-,19?,23?/m1/s1. The highest BCUT2D eigenvalue weighted by Crippen LogP contribution is 2.27. The molecule has 3 aromatic rings. The number of benzene rings is 1. The van der Waals surface area contributed by atoms with Crippen molar-refractivity contribution in [2.75, 3.05) is 31.1 Å². The molecule has 1 fully saturated rings. The number of carbonyl (C=O) groups excluding carboxylic acids is 1. The number of hydrogen-bond acceptors (Lipinski definition) is 7. The van der Waals surface area contributed by atoms with Crippen LogP contribution in [0.3, 0.4) is 0 Å². The van der Waals surface area contributed by atoms with Crippen LogP contribution in [-0.2, 0) is 23.1 Å². The van der Waals surface area contributed by atoms with Crippen molar-refractivity contribution >= 4 is 22.8 Å². The van der Waals surface area contributed by atoms with Crippen LogP contribution in [0, 0.1) is 5.92 Å². The minimum absolute atomic E-state index is 0.0842. The molecule has 1 N–H and O–H groups in total. The van der Waals surface area contributed by atoms with Gasteiger partial charge in [-0.15, -0.1) is 0 Å². The fraction of sp³-hybridized carbons (Fsp3) is 0.407. The average molecular weight is 541 g/mol. The number of rotatable bonds is 7. The summed E-state index contributed by atoms with van der Waals surface area (Å²) in [5.74, 6) is -0.130. The first-order valence-electron chi connectivity index (χ1n) is 12.7. The summed E-state index contributed by atoms with van der Waals surface area (Å²) < 4.78 is 34.0. The molecule has 206 valence electrons. The van der Waals surface area contributed by atoms with Crippen molar-refractivity contribution in [1.29, 1.82) is 0 Å². The molecule has 0 bridgehead atoms. The lowest BCUT2D eigenvalue weighted by molar-refractivity contribution is -0.159. The van der Waals surface area contributed by atoms with Gasteiger partial charge in [0.15, 0.2) is 0 Å². The topological polar surface area (TPSA) is 106 Å². The minimum Gasteiger partial charge on any atom is -0.387 e. The van der Waals surface area contributed by atoms with Crippen LogP contribution in [0.15, 0.2) is 59.7 Å². The molecular formula is C27H30F2N6O4. The number of fused-ring (bicyclic) bond motifs is 1. The van der Waals surface area contributed by atoms with E-state index in [1.807, 2.05) is 24.0 Å². The number of halogens is 2. The van der Waals surface area contributed by atoms with E-state index in [9.17, 15) is 18.4 Å². The number of aliphatic hydroxyl groups excluding tert-OH is 1. The van der Waals surface area contributed by atoms with Crippen LogP contribution in [0.1, 0.15) is 6.92 Å². The summed E-state index contributed by atoms with van der Waals surface area (Å²) in [6, 6.07) is 5.38. The number of hydrogen-bond donors (Lipinski definition) is 1. The van der Waals surface area contributed by atoms with Gasteiger partial charge in [-0.3, -0.25) is 19.0 Å². The highest BCUT2D eigenvalue weighted by Gasteiger charge is 2.28. The Morgan fingerprint density at radius 3 is 2.59 bits per heavy atom. The van der Waals surface area contributed by atoms with E-state index in [0.717, 1.165) is 11.1 Å². The molecule has 1 aromatic carbocycles. The number of amides is 1. The molecule has 3 heterocycles. The molecular weight excluding hydrogens is 510 g/mol. The third-order valence-electron chi connectivity index (χ3n) is 7.34. The van der Waals surface area contributed by atoms with Crippen molar-refractivity contribution in [2.24, 2.45) is 13.0 Å². The Morgan fingerprint density at radius 1 is 1.15 bits per heavy atom. The lowest BCUT2D eigenvalue weighted by atomic mass is 9.97. The maximum atomic E-state index is 13.0. The van der Waals surface area contributed by atoms with Gasteiger partial charge in [-0.2, -0.15) is 8.78 Å². The summed E-state index contributed by atoms with van der Waals surface area (Å²) in [6.45, 7) is 0.367. The molecule has 39 heavy (non-hydrogen) atoms. The zero-order valence-corrected chi connectivity index (χ0v) is 21.7. The van der Waals surface area contributed by atoms with Crippen LogP contribution in [0.4, 0.5) is 14.7 Å². The summed E-state index contributed by atoms with van der Waals surface area (Å²) in [7, 11) is 1.65. The summed E-state index contributed by atoms with van der Waals surface area (Å²) in [5.41, 5.74) is 2.05. The zero-order chi connectivity index (χ0) is 27.7. The molecule has 10 nitrogen and oxygen atoms in total. The number of ether oxygens (including phenoxy) is 1. The predicted octanol–water partition coefficient (Wildman–Crippen LogP) is 2.18. The first-order valence-corrected chi connectivity index (χ1v) is 12.7. The maximum absolute atomic E-state index is 13.0. The molecule has 0 spiro atoms. The Balaban J connectivity index is 1.39. The Kier molecular flexibility index (Phi) is 7.58. The third-order valence-corrected chi connectivity index (χ3v) is 7.34. The van der Waals surface area contributed by atoms with E-state index in [-0.39, 0.29) is 30.0 Å². The fourth-order valence-corrected chi connectivity index (χ4v) is 5.27. The van der Waals surface area contributed by atoms with Gasteiger partial charge in [-0.1, -0.05) is 30.4 Å². The number of nitrogens with zero attached hydrogens (tertiary/aromatic N) is 6. The van der Waals surface area contributed by atoms with E-state index >= 15 is 0 Å². The molecule has 1 aliphatic carbocycles. The second-order valence-electron chi connectivity index (χ2n) is 9.75. The minimum atomic E-state index is -2.90. The molecule has 2 aliphatic rings. The highest BCUT2D eigenvalue weighted by atomic mass is 19.3. The third kappa shape index (κ3) is 5.34. The molecule has 1 saturated heterocycles. The lowest BCUT2D eigenvalue weighted by Crippen LogP contribution is -2.55. The van der Waals surface area contributed by atoms with Gasteiger partial charge in [-0.05, 0) is 24.6 Å². The number of piperazine rings is 1. The highest BCUT2D eigenvalue weighted by molar-refractivity contribution is 5.84. The van der Waals surface area contributed by atoms with Gasteiger partial charge in [-0.25, -0.2) is 9.97 Å². The van der Waals surface area contributed by atoms with Crippen LogP contribution < -0.4 is 10.5 Å². The Bertz CT molecular complexity index is 1470. The normalized spacial score (nSPS) is 21.3. The second-order valence-corrected chi connectivity index (χ2v) is 9.75. The van der Waals surface area contributed by atoms with Crippen molar-refractivity contribution in [3.63, 3.8) is 0 Å². The van der Waals surface area contributed by atoms with Gasteiger partial charge in [0, 0.05) is 63.1 Å². The van der Waals surface area contributed by atoms with Gasteiger partial charge >= 0.3 is 6.61 Å². The van der Waals surface area contributed by atoms with Crippen molar-refractivity contribution < 1.29 is 23.4 Å². The number of anilines is 1. The summed E-state index contributed by atoms with van der Waals surface area (Å²) in [4.78, 5) is 37.5. The summed E-state index contributed by atoms with van der Waals surface area (Å²) >= 11 is 0. The van der Waals surface area contributed by atoms with Crippen molar-refractivity contribution in [1.82, 2.24) is 24.2 Å². The Hall–Kier alpha value is -3.90. The molecule has 2 aromatic heterocycles. The van der Waals surface area contributed by atoms with Crippen LogP contribution in [0.5, 0.6) is 0 Å². The molecule has 1 amide bonds. The van der Waals surface area contributed by atoms with Gasteiger partial charge in [0.1, 0.15) is 6.61 Å². The fourth-order valence-electron chi connectivity index (χ4n) is 5.27. The van der Waals surface area contributed by atoms with Gasteiger partial charge in [0.25, 0.3) is 5.56 Å². The Morgan fingerprint density at radius 2 is 1.90 bits per heavy atom. The number of allylic oxidation sites excluding steroid dienone is 2. The predicted molar refractivity (Wildman–Crippen MR) is 141 cm³/mol. The van der Waals surface area contributed by atoms with Gasteiger partial charge in [0.2, 0.25) is 11.9 Å². The first kappa shape index (κ1) is 26.7. The zero-order valence-electron chi connectivity index (χ0n) is 21.7. The van der Waals surface area contributed by atoms with Gasteiger partial charge < -0.3 is 19.6 Å². The first-order chi connectivity index (χ1) is 18.8. The van der Waals surface area contributed by atoms with E-state index in [0.29, 0.717) is 36.5 Å². The monoisotopic (exact) mass is 540 g/mol. The van der Waals surface area contributed by atoms with Crippen molar-refractivity contribution in [2.45, 2.75) is 32.2 Å². The summed E-state index contributed by atoms with van der Waals surface area (Å²) in [5, 5.41) is 9.68.